The van der Waals surface area contributed by atoms with Crippen molar-refractivity contribution in [2.45, 2.75) is 27.1 Å². The molecule has 0 unspecified atom stereocenters. The van der Waals surface area contributed by atoms with Crippen LogP contribution in [-0.2, 0) is 22.7 Å². The molecule has 25 heavy (non-hydrogen) atoms. The van der Waals surface area contributed by atoms with E-state index in [2.05, 4.69) is 10.1 Å². The quantitative estimate of drug-likeness (QED) is 0.628. The molecule has 0 N–H and O–H groups in total. The Bertz CT molecular complexity index is 964. The lowest BCUT2D eigenvalue weighted by Gasteiger charge is -2.05. The van der Waals surface area contributed by atoms with Gasteiger partial charge in [-0.3, -0.25) is 4.79 Å². The van der Waals surface area contributed by atoms with E-state index in [1.54, 1.807) is 18.2 Å². The Morgan fingerprint density at radius 3 is 2.88 bits per heavy atom. The van der Waals surface area contributed by atoms with Crippen molar-refractivity contribution in [3.05, 3.63) is 62.5 Å². The average molecular weight is 359 g/mol. The second-order valence-corrected chi connectivity index (χ2v) is 6.40. The Labute approximate surface area is 147 Å². The summed E-state index contributed by atoms with van der Waals surface area (Å²) in [7, 11) is 0. The first kappa shape index (κ1) is 17.2. The molecule has 0 spiro atoms. The standard InChI is InChI=1S/C17H17N3O4S/c1-3-23-10-14-19-20-15(21)8-13(18-17(20)25-14)9-24-16(22)12-6-4-5-11(2)7-12/h4-8H,3,9-10H2,1-2H3. The van der Waals surface area contributed by atoms with E-state index >= 15 is 0 Å². The number of hydrogen-bond acceptors (Lipinski definition) is 7. The highest BCUT2D eigenvalue weighted by Gasteiger charge is 2.12. The zero-order chi connectivity index (χ0) is 17.8. The van der Waals surface area contributed by atoms with Crippen LogP contribution in [0.1, 0.15) is 33.5 Å². The molecule has 130 valence electrons. The van der Waals surface area contributed by atoms with Crippen molar-refractivity contribution in [2.24, 2.45) is 0 Å². The van der Waals surface area contributed by atoms with Crippen molar-refractivity contribution in [1.82, 2.24) is 14.6 Å². The minimum absolute atomic E-state index is 0.0722. The Balaban J connectivity index is 1.75. The van der Waals surface area contributed by atoms with E-state index in [0.717, 1.165) is 5.56 Å². The molecule has 0 atom stereocenters. The lowest BCUT2D eigenvalue weighted by atomic mass is 10.1. The Hall–Kier alpha value is -2.58. The number of fused-ring (bicyclic) bond motifs is 1. The summed E-state index contributed by atoms with van der Waals surface area (Å²) < 4.78 is 11.8. The first-order valence-corrected chi connectivity index (χ1v) is 8.58. The van der Waals surface area contributed by atoms with Gasteiger partial charge >= 0.3 is 5.97 Å². The molecule has 0 saturated carbocycles. The number of carbonyl (C=O) groups excluding carboxylic acids is 1. The second kappa shape index (κ2) is 7.54. The normalized spacial score (nSPS) is 11.0. The third-order valence-electron chi connectivity index (χ3n) is 3.37. The summed E-state index contributed by atoms with van der Waals surface area (Å²) in [4.78, 5) is 29.0. The monoisotopic (exact) mass is 359 g/mol. The zero-order valence-corrected chi connectivity index (χ0v) is 14.7. The molecule has 1 aromatic carbocycles. The molecule has 0 amide bonds. The van der Waals surface area contributed by atoms with E-state index in [9.17, 15) is 9.59 Å². The summed E-state index contributed by atoms with van der Waals surface area (Å²) in [5.41, 5.74) is 1.51. The SMILES string of the molecule is CCOCc1nn2c(=O)cc(COC(=O)c3cccc(C)c3)nc2s1. The van der Waals surface area contributed by atoms with Crippen LogP contribution in [-0.4, -0.2) is 27.2 Å². The fourth-order valence-electron chi connectivity index (χ4n) is 2.21. The number of rotatable bonds is 6. The van der Waals surface area contributed by atoms with Crippen LogP contribution in [0.25, 0.3) is 4.96 Å². The summed E-state index contributed by atoms with van der Waals surface area (Å²) in [6.45, 7) is 4.62. The number of esters is 1. The number of benzene rings is 1. The predicted octanol–water partition coefficient (Wildman–Crippen LogP) is 2.35. The van der Waals surface area contributed by atoms with Crippen LogP contribution >= 0.6 is 11.3 Å². The molecule has 0 radical (unpaired) electrons. The van der Waals surface area contributed by atoms with Gasteiger partial charge < -0.3 is 9.47 Å². The first-order valence-electron chi connectivity index (χ1n) is 7.77. The fourth-order valence-corrected chi connectivity index (χ4v) is 3.07. The van der Waals surface area contributed by atoms with Gasteiger partial charge in [0.2, 0.25) is 4.96 Å². The van der Waals surface area contributed by atoms with Crippen LogP contribution in [0.5, 0.6) is 0 Å². The lowest BCUT2D eigenvalue weighted by molar-refractivity contribution is 0.0467. The largest absolute Gasteiger partial charge is 0.456 e. The van der Waals surface area contributed by atoms with E-state index in [1.165, 1.54) is 21.9 Å². The van der Waals surface area contributed by atoms with E-state index < -0.39 is 5.97 Å². The number of aryl methyl sites for hydroxylation is 1. The summed E-state index contributed by atoms with van der Waals surface area (Å²) in [5.74, 6) is -0.452. The number of carbonyl (C=O) groups is 1. The van der Waals surface area contributed by atoms with Gasteiger partial charge in [-0.25, -0.2) is 9.78 Å². The van der Waals surface area contributed by atoms with Crippen molar-refractivity contribution >= 4 is 22.3 Å². The van der Waals surface area contributed by atoms with Crippen LogP contribution in [0.2, 0.25) is 0 Å². The molecule has 3 aromatic rings. The van der Waals surface area contributed by atoms with Crippen LogP contribution in [0, 0.1) is 6.92 Å². The van der Waals surface area contributed by atoms with Crippen molar-refractivity contribution in [3.63, 3.8) is 0 Å². The molecule has 2 aromatic heterocycles. The first-order chi connectivity index (χ1) is 12.1. The highest BCUT2D eigenvalue weighted by Crippen LogP contribution is 2.13. The zero-order valence-electron chi connectivity index (χ0n) is 13.9. The van der Waals surface area contributed by atoms with E-state index in [1.807, 2.05) is 19.9 Å². The maximum atomic E-state index is 12.1. The summed E-state index contributed by atoms with van der Waals surface area (Å²) in [6.07, 6.45) is 0. The molecular formula is C17H17N3O4S. The Kier molecular flexibility index (Phi) is 5.20. The Morgan fingerprint density at radius 1 is 1.28 bits per heavy atom. The van der Waals surface area contributed by atoms with Crippen molar-refractivity contribution in [1.29, 1.82) is 0 Å². The van der Waals surface area contributed by atoms with E-state index in [-0.39, 0.29) is 12.2 Å². The smallest absolute Gasteiger partial charge is 0.338 e. The van der Waals surface area contributed by atoms with Crippen LogP contribution in [0.15, 0.2) is 35.1 Å². The van der Waals surface area contributed by atoms with Crippen LogP contribution in [0.4, 0.5) is 0 Å². The number of hydrogen-bond donors (Lipinski definition) is 0. The topological polar surface area (TPSA) is 82.8 Å². The van der Waals surface area contributed by atoms with Gasteiger partial charge in [0.1, 0.15) is 18.2 Å². The molecule has 0 saturated heterocycles. The van der Waals surface area contributed by atoms with Gasteiger partial charge in [-0.15, -0.1) is 0 Å². The van der Waals surface area contributed by atoms with Crippen molar-refractivity contribution < 1.29 is 14.3 Å². The molecule has 7 nitrogen and oxygen atoms in total. The highest BCUT2D eigenvalue weighted by atomic mass is 32.1. The van der Waals surface area contributed by atoms with Gasteiger partial charge in [-0.2, -0.15) is 9.61 Å². The summed E-state index contributed by atoms with van der Waals surface area (Å²) >= 11 is 1.27. The van der Waals surface area contributed by atoms with E-state index in [0.29, 0.717) is 34.4 Å². The summed E-state index contributed by atoms with van der Waals surface area (Å²) in [5, 5.41) is 4.84. The molecule has 0 aliphatic rings. The van der Waals surface area contributed by atoms with Gasteiger partial charge in [-0.05, 0) is 26.0 Å². The number of ether oxygens (including phenoxy) is 2. The van der Waals surface area contributed by atoms with Gasteiger partial charge in [-0.1, -0.05) is 29.0 Å². The van der Waals surface area contributed by atoms with Crippen molar-refractivity contribution in [2.75, 3.05) is 6.61 Å². The maximum Gasteiger partial charge on any atom is 0.338 e. The lowest BCUT2D eigenvalue weighted by Crippen LogP contribution is -2.16. The van der Waals surface area contributed by atoms with Gasteiger partial charge in [0.05, 0.1) is 11.3 Å². The van der Waals surface area contributed by atoms with Crippen LogP contribution < -0.4 is 5.56 Å². The highest BCUT2D eigenvalue weighted by molar-refractivity contribution is 7.16. The maximum absolute atomic E-state index is 12.1. The molecule has 2 heterocycles. The van der Waals surface area contributed by atoms with Gasteiger partial charge in [0.25, 0.3) is 5.56 Å². The third kappa shape index (κ3) is 4.09. The second-order valence-electron chi connectivity index (χ2n) is 5.36. The molecule has 8 heteroatoms. The molecule has 0 bridgehead atoms. The third-order valence-corrected chi connectivity index (χ3v) is 4.26. The van der Waals surface area contributed by atoms with Crippen molar-refractivity contribution in [3.8, 4) is 0 Å². The molecular weight excluding hydrogens is 342 g/mol. The molecule has 0 fully saturated rings. The fraction of sp³-hybridized carbons (Fsp3) is 0.294. The van der Waals surface area contributed by atoms with E-state index in [4.69, 9.17) is 9.47 Å². The average Bonchev–Trinajstić information content (AvgIpc) is 3.01. The molecule has 0 aliphatic heterocycles. The Morgan fingerprint density at radius 2 is 2.12 bits per heavy atom. The van der Waals surface area contributed by atoms with Crippen LogP contribution in [0.3, 0.4) is 0 Å². The number of nitrogens with zero attached hydrogens (tertiary/aromatic N) is 3. The number of aromatic nitrogens is 3. The molecule has 3 rings (SSSR count). The predicted molar refractivity (Wildman–Crippen MR) is 92.8 cm³/mol. The van der Waals surface area contributed by atoms with Gasteiger partial charge in [0.15, 0.2) is 0 Å². The summed E-state index contributed by atoms with van der Waals surface area (Å²) in [6, 6.07) is 8.44. The minimum Gasteiger partial charge on any atom is -0.456 e. The van der Waals surface area contributed by atoms with Gasteiger partial charge in [0, 0.05) is 12.7 Å². The minimum atomic E-state index is -0.452. The molecule has 0 aliphatic carbocycles.